The number of aromatic nitrogens is 1. The van der Waals surface area contributed by atoms with Gasteiger partial charge in [-0.1, -0.05) is 0 Å². The monoisotopic (exact) mass is 398 g/mol. The van der Waals surface area contributed by atoms with Gasteiger partial charge in [-0.3, -0.25) is 14.6 Å². The quantitative estimate of drug-likeness (QED) is 0.600. The molecule has 1 heterocycles. The average Bonchev–Trinajstić information content (AvgIpc) is 2.74. The second-order valence-corrected chi connectivity index (χ2v) is 6.66. The van der Waals surface area contributed by atoms with Crippen molar-refractivity contribution < 1.29 is 14.3 Å². The van der Waals surface area contributed by atoms with Crippen LogP contribution in [0.2, 0.25) is 0 Å². The Labute approximate surface area is 172 Å². The van der Waals surface area contributed by atoms with Gasteiger partial charge < -0.3 is 20.3 Å². The van der Waals surface area contributed by atoms with Crippen LogP contribution in [-0.2, 0) is 4.74 Å². The van der Waals surface area contributed by atoms with Gasteiger partial charge in [0.1, 0.15) is 5.69 Å². The number of anilines is 2. The zero-order valence-electron chi connectivity index (χ0n) is 17.6. The predicted molar refractivity (Wildman–Crippen MR) is 116 cm³/mol. The van der Waals surface area contributed by atoms with Crippen molar-refractivity contribution in [1.82, 2.24) is 10.3 Å². The van der Waals surface area contributed by atoms with Crippen molar-refractivity contribution in [3.8, 4) is 0 Å². The average molecular weight is 399 g/mol. The number of pyridine rings is 1. The highest BCUT2D eigenvalue weighted by Gasteiger charge is 2.13. The molecule has 2 rings (SSSR count). The summed E-state index contributed by atoms with van der Waals surface area (Å²) in [5.74, 6) is -0.588. The molecule has 0 unspecified atom stereocenters. The first-order chi connectivity index (χ1) is 14.0. The number of amides is 2. The molecule has 0 fully saturated rings. The normalized spacial score (nSPS) is 10.5. The molecule has 0 saturated heterocycles. The van der Waals surface area contributed by atoms with Crippen molar-refractivity contribution >= 4 is 23.2 Å². The van der Waals surface area contributed by atoms with E-state index in [0.29, 0.717) is 25.1 Å². The van der Waals surface area contributed by atoms with Crippen LogP contribution < -0.4 is 15.5 Å². The van der Waals surface area contributed by atoms with E-state index >= 15 is 0 Å². The predicted octanol–water partition coefficient (Wildman–Crippen LogP) is 3.25. The van der Waals surface area contributed by atoms with Crippen molar-refractivity contribution in [2.45, 2.75) is 27.2 Å². The van der Waals surface area contributed by atoms with Crippen molar-refractivity contribution in [1.29, 1.82) is 0 Å². The number of rotatable bonds is 10. The van der Waals surface area contributed by atoms with E-state index in [1.54, 1.807) is 13.2 Å². The highest BCUT2D eigenvalue weighted by atomic mass is 16.5. The lowest BCUT2D eigenvalue weighted by molar-refractivity contribution is 0.0943. The molecule has 2 aromatic rings. The lowest BCUT2D eigenvalue weighted by Crippen LogP contribution is -2.26. The molecule has 0 aliphatic rings. The summed E-state index contributed by atoms with van der Waals surface area (Å²) >= 11 is 0. The van der Waals surface area contributed by atoms with E-state index in [1.807, 2.05) is 19.1 Å². The molecule has 0 aliphatic carbocycles. The maximum absolute atomic E-state index is 12.7. The number of hydrogen-bond donors (Lipinski definition) is 2. The van der Waals surface area contributed by atoms with Crippen LogP contribution in [0.3, 0.4) is 0 Å². The van der Waals surface area contributed by atoms with Crippen LogP contribution in [0.1, 0.15) is 46.7 Å². The molecule has 1 aromatic carbocycles. The number of nitrogens with one attached hydrogen (secondary N) is 2. The van der Waals surface area contributed by atoms with Crippen LogP contribution in [0.4, 0.5) is 11.4 Å². The molecule has 29 heavy (non-hydrogen) atoms. The Morgan fingerprint density at radius 3 is 2.52 bits per heavy atom. The van der Waals surface area contributed by atoms with E-state index in [2.05, 4.69) is 40.4 Å². The lowest BCUT2D eigenvalue weighted by Gasteiger charge is -2.22. The summed E-state index contributed by atoms with van der Waals surface area (Å²) in [7, 11) is 1.62. The molecule has 0 aliphatic heterocycles. The van der Waals surface area contributed by atoms with Gasteiger partial charge in [0, 0.05) is 56.5 Å². The number of carbonyl (C=O) groups is 2. The van der Waals surface area contributed by atoms with Gasteiger partial charge >= 0.3 is 0 Å². The molecule has 2 N–H and O–H groups in total. The summed E-state index contributed by atoms with van der Waals surface area (Å²) < 4.78 is 4.96. The minimum Gasteiger partial charge on any atom is -0.385 e. The Morgan fingerprint density at radius 1 is 1.10 bits per heavy atom. The van der Waals surface area contributed by atoms with Crippen LogP contribution in [0.25, 0.3) is 0 Å². The maximum Gasteiger partial charge on any atom is 0.269 e. The van der Waals surface area contributed by atoms with Crippen LogP contribution in [-0.4, -0.2) is 50.1 Å². The topological polar surface area (TPSA) is 83.6 Å². The SMILES string of the molecule is CCN(CC)c1ccc(NC(=O)c2ccnc(C(=O)NCCCOC)c2)c(C)c1. The fourth-order valence-electron chi connectivity index (χ4n) is 2.97. The van der Waals surface area contributed by atoms with E-state index < -0.39 is 0 Å². The molecule has 0 saturated carbocycles. The zero-order chi connectivity index (χ0) is 21.2. The molecule has 0 bridgehead atoms. The molecule has 0 atom stereocenters. The fraction of sp³-hybridized carbons (Fsp3) is 0.409. The molecule has 7 heteroatoms. The van der Waals surface area contributed by atoms with Gasteiger partial charge in [-0.2, -0.15) is 0 Å². The summed E-state index contributed by atoms with van der Waals surface area (Å²) in [6.45, 7) is 9.11. The van der Waals surface area contributed by atoms with Crippen LogP contribution in [0, 0.1) is 6.92 Å². The first kappa shape index (κ1) is 22.4. The summed E-state index contributed by atoms with van der Waals surface area (Å²) in [5, 5.41) is 5.69. The molecule has 1 aromatic heterocycles. The number of aryl methyl sites for hydroxylation is 1. The number of methoxy groups -OCH3 is 1. The number of nitrogens with zero attached hydrogens (tertiary/aromatic N) is 2. The molecule has 0 radical (unpaired) electrons. The first-order valence-electron chi connectivity index (χ1n) is 9.90. The number of carbonyl (C=O) groups excluding carboxylic acids is 2. The summed E-state index contributed by atoms with van der Waals surface area (Å²) in [6, 6.07) is 9.07. The molecule has 7 nitrogen and oxygen atoms in total. The fourth-order valence-corrected chi connectivity index (χ4v) is 2.97. The van der Waals surface area contributed by atoms with E-state index in [4.69, 9.17) is 4.74 Å². The highest BCUT2D eigenvalue weighted by molar-refractivity contribution is 6.06. The van der Waals surface area contributed by atoms with E-state index in [-0.39, 0.29) is 17.5 Å². The Hall–Kier alpha value is -2.93. The zero-order valence-corrected chi connectivity index (χ0v) is 17.6. The summed E-state index contributed by atoms with van der Waals surface area (Å²) in [4.78, 5) is 31.2. The van der Waals surface area contributed by atoms with Gasteiger partial charge in [-0.05, 0) is 63.1 Å². The Morgan fingerprint density at radius 2 is 1.86 bits per heavy atom. The van der Waals surface area contributed by atoms with Gasteiger partial charge in [-0.25, -0.2) is 0 Å². The first-order valence-corrected chi connectivity index (χ1v) is 9.90. The lowest BCUT2D eigenvalue weighted by atomic mass is 10.1. The van der Waals surface area contributed by atoms with E-state index in [0.717, 1.165) is 30.0 Å². The number of ether oxygens (including phenoxy) is 1. The van der Waals surface area contributed by atoms with E-state index in [9.17, 15) is 9.59 Å². The number of benzene rings is 1. The highest BCUT2D eigenvalue weighted by Crippen LogP contribution is 2.23. The molecule has 156 valence electrons. The van der Waals surface area contributed by atoms with Gasteiger partial charge in [0.05, 0.1) is 0 Å². The minimum atomic E-state index is -0.310. The second kappa shape index (κ2) is 11.2. The van der Waals surface area contributed by atoms with Crippen molar-refractivity contribution in [3.63, 3.8) is 0 Å². The van der Waals surface area contributed by atoms with Crippen LogP contribution in [0.15, 0.2) is 36.5 Å². The molecular weight excluding hydrogens is 368 g/mol. The second-order valence-electron chi connectivity index (χ2n) is 6.66. The number of hydrogen-bond acceptors (Lipinski definition) is 5. The largest absolute Gasteiger partial charge is 0.385 e. The van der Waals surface area contributed by atoms with Crippen molar-refractivity contribution in [2.75, 3.05) is 43.6 Å². The van der Waals surface area contributed by atoms with E-state index in [1.165, 1.54) is 12.3 Å². The summed E-state index contributed by atoms with van der Waals surface area (Å²) in [6.07, 6.45) is 2.18. The molecular formula is C22H30N4O3. The van der Waals surface area contributed by atoms with Gasteiger partial charge in [-0.15, -0.1) is 0 Å². The third kappa shape index (κ3) is 6.29. The Balaban J connectivity index is 2.06. The summed E-state index contributed by atoms with van der Waals surface area (Å²) in [5.41, 5.74) is 3.45. The van der Waals surface area contributed by atoms with Crippen LogP contribution >= 0.6 is 0 Å². The maximum atomic E-state index is 12.7. The molecule has 0 spiro atoms. The van der Waals surface area contributed by atoms with Gasteiger partial charge in [0.2, 0.25) is 0 Å². The van der Waals surface area contributed by atoms with Crippen molar-refractivity contribution in [3.05, 3.63) is 53.3 Å². The standard InChI is InChI=1S/C22H30N4O3/c1-5-26(6-2)18-8-9-19(16(3)14-18)25-21(27)17-10-12-23-20(15-17)22(28)24-11-7-13-29-4/h8-10,12,14-15H,5-7,11,13H2,1-4H3,(H,24,28)(H,25,27). The minimum absolute atomic E-state index is 0.212. The molecule has 2 amide bonds. The van der Waals surface area contributed by atoms with Crippen molar-refractivity contribution in [2.24, 2.45) is 0 Å². The third-order valence-corrected chi connectivity index (χ3v) is 4.65. The Kier molecular flexibility index (Phi) is 8.61. The smallest absolute Gasteiger partial charge is 0.269 e. The Bertz CT molecular complexity index is 835. The van der Waals surface area contributed by atoms with Gasteiger partial charge in [0.15, 0.2) is 0 Å². The van der Waals surface area contributed by atoms with Gasteiger partial charge in [0.25, 0.3) is 11.8 Å². The van der Waals surface area contributed by atoms with Crippen LogP contribution in [0.5, 0.6) is 0 Å². The third-order valence-electron chi connectivity index (χ3n) is 4.65.